The molecule has 0 fully saturated rings. The number of nitrogens with one attached hydrogen (secondary N) is 1. The number of hydrogen-bond acceptors (Lipinski definition) is 1. The van der Waals surface area contributed by atoms with Crippen molar-refractivity contribution in [1.82, 2.24) is 4.57 Å². The van der Waals surface area contributed by atoms with E-state index in [1.165, 1.54) is 32.6 Å². The Labute approximate surface area is 254 Å². The first kappa shape index (κ1) is 25.7. The van der Waals surface area contributed by atoms with Gasteiger partial charge in [0.15, 0.2) is 5.84 Å². The normalized spacial score (nSPS) is 12.0. The molecule has 0 aliphatic heterocycles. The van der Waals surface area contributed by atoms with Crippen molar-refractivity contribution in [2.45, 2.75) is 0 Å². The number of hydrogen-bond donors (Lipinski definition) is 2. The third-order valence-electron chi connectivity index (χ3n) is 8.44. The summed E-state index contributed by atoms with van der Waals surface area (Å²) >= 11 is 0. The highest BCUT2D eigenvalue weighted by Gasteiger charge is 2.16. The topological polar surface area (TPSA) is 67.2 Å². The van der Waals surface area contributed by atoms with Crippen LogP contribution in [0.1, 0.15) is 11.1 Å². The number of rotatable bonds is 4. The number of para-hydroxylation sites is 1. The Balaban J connectivity index is 1.29. The molecule has 1 heterocycles. The summed E-state index contributed by atoms with van der Waals surface area (Å²) in [5, 5.41) is 16.1. The Hall–Kier alpha value is -6.00. The molecule has 4 nitrogen and oxygen atoms in total. The average molecular weight is 565 g/mol. The van der Waals surface area contributed by atoms with Crippen LogP contribution in [0.25, 0.3) is 60.2 Å². The van der Waals surface area contributed by atoms with E-state index >= 15 is 0 Å². The molecule has 0 radical (unpaired) electrons. The molecule has 208 valence electrons. The molecule has 0 spiro atoms. The summed E-state index contributed by atoms with van der Waals surface area (Å²) in [5.74, 6) is 0.453. The van der Waals surface area contributed by atoms with E-state index in [4.69, 9.17) is 11.1 Å². The highest BCUT2D eigenvalue weighted by atomic mass is 15.0. The summed E-state index contributed by atoms with van der Waals surface area (Å²) in [6.45, 7) is 0. The molecule has 8 rings (SSSR count). The van der Waals surface area contributed by atoms with Crippen LogP contribution in [-0.2, 0) is 0 Å². The molecular weight excluding hydrogens is 536 g/mol. The first-order chi connectivity index (χ1) is 21.7. The van der Waals surface area contributed by atoms with Crippen molar-refractivity contribution >= 4 is 55.0 Å². The maximum Gasteiger partial charge on any atom is 0.154 e. The second-order valence-electron chi connectivity index (χ2n) is 11.0. The van der Waals surface area contributed by atoms with Gasteiger partial charge in [0.05, 0.1) is 11.0 Å². The number of amidine groups is 2. The van der Waals surface area contributed by atoms with E-state index in [1.54, 1.807) is 0 Å². The van der Waals surface area contributed by atoms with Gasteiger partial charge in [-0.1, -0.05) is 115 Å². The molecule has 0 unspecified atom stereocenters. The van der Waals surface area contributed by atoms with Crippen LogP contribution in [0, 0.1) is 5.41 Å². The van der Waals surface area contributed by atoms with Crippen LogP contribution in [0.15, 0.2) is 157 Å². The quantitative estimate of drug-likeness (QED) is 0.162. The van der Waals surface area contributed by atoms with Gasteiger partial charge in [-0.2, -0.15) is 0 Å². The van der Waals surface area contributed by atoms with Crippen molar-refractivity contribution in [3.8, 4) is 16.8 Å². The molecule has 44 heavy (non-hydrogen) atoms. The lowest BCUT2D eigenvalue weighted by Crippen LogP contribution is -2.16. The number of benzene rings is 7. The summed E-state index contributed by atoms with van der Waals surface area (Å²) in [4.78, 5) is 4.54. The van der Waals surface area contributed by atoms with Gasteiger partial charge in [0.1, 0.15) is 5.84 Å². The Morgan fingerprint density at radius 3 is 1.95 bits per heavy atom. The lowest BCUT2D eigenvalue weighted by Gasteiger charge is -2.15. The van der Waals surface area contributed by atoms with Crippen molar-refractivity contribution in [2.24, 2.45) is 10.7 Å². The fourth-order valence-electron chi connectivity index (χ4n) is 6.34. The number of fused-ring (bicyclic) bond motifs is 5. The largest absolute Gasteiger partial charge is 0.383 e. The molecule has 0 saturated carbocycles. The zero-order chi connectivity index (χ0) is 29.6. The van der Waals surface area contributed by atoms with Gasteiger partial charge < -0.3 is 10.3 Å². The van der Waals surface area contributed by atoms with Gasteiger partial charge >= 0.3 is 0 Å². The van der Waals surface area contributed by atoms with Crippen molar-refractivity contribution in [1.29, 1.82) is 5.41 Å². The Kier molecular flexibility index (Phi) is 6.05. The minimum absolute atomic E-state index is 0.130. The first-order valence-electron chi connectivity index (χ1n) is 14.7. The second-order valence-corrected chi connectivity index (χ2v) is 11.0. The average Bonchev–Trinajstić information content (AvgIpc) is 3.40. The smallest absolute Gasteiger partial charge is 0.154 e. The van der Waals surface area contributed by atoms with E-state index in [2.05, 4.69) is 107 Å². The van der Waals surface area contributed by atoms with Gasteiger partial charge in [-0.3, -0.25) is 5.41 Å². The Morgan fingerprint density at radius 2 is 1.18 bits per heavy atom. The Morgan fingerprint density at radius 1 is 0.545 bits per heavy atom. The monoisotopic (exact) mass is 564 g/mol. The number of nitrogens with zero attached hydrogens (tertiary/aromatic N) is 2. The lowest BCUT2D eigenvalue weighted by molar-refractivity contribution is 1.18. The van der Waals surface area contributed by atoms with Gasteiger partial charge in [-0.25, -0.2) is 4.99 Å². The maximum atomic E-state index is 9.01. The first-order valence-corrected chi connectivity index (χ1v) is 14.7. The summed E-state index contributed by atoms with van der Waals surface area (Å²) in [6, 6.07) is 52.3. The molecule has 0 atom stereocenters. The molecule has 0 aliphatic rings. The van der Waals surface area contributed by atoms with Crippen molar-refractivity contribution in [2.75, 3.05) is 0 Å². The van der Waals surface area contributed by atoms with E-state index in [0.29, 0.717) is 5.84 Å². The molecule has 1 aromatic heterocycles. The molecule has 7 aromatic carbocycles. The van der Waals surface area contributed by atoms with Crippen LogP contribution in [0.5, 0.6) is 0 Å². The number of nitrogens with two attached hydrogens (primary N) is 1. The van der Waals surface area contributed by atoms with Crippen LogP contribution >= 0.6 is 0 Å². The Bertz CT molecular complexity index is 2400. The fraction of sp³-hybridized carbons (Fsp3) is 0. The van der Waals surface area contributed by atoms with Crippen LogP contribution in [0.2, 0.25) is 0 Å². The highest BCUT2D eigenvalue weighted by molar-refractivity contribution is 6.16. The fourth-order valence-corrected chi connectivity index (χ4v) is 6.34. The second kappa shape index (κ2) is 10.4. The summed E-state index contributed by atoms with van der Waals surface area (Å²) in [7, 11) is 0. The van der Waals surface area contributed by atoms with Gasteiger partial charge in [0.25, 0.3) is 0 Å². The summed E-state index contributed by atoms with van der Waals surface area (Å²) in [6.07, 6.45) is 0. The third kappa shape index (κ3) is 4.24. The third-order valence-corrected chi connectivity index (χ3v) is 8.44. The van der Waals surface area contributed by atoms with Crippen LogP contribution in [0.4, 0.5) is 0 Å². The molecule has 3 N–H and O–H groups in total. The van der Waals surface area contributed by atoms with Crippen LogP contribution in [-0.4, -0.2) is 16.2 Å². The van der Waals surface area contributed by atoms with E-state index in [1.807, 2.05) is 54.6 Å². The van der Waals surface area contributed by atoms with Gasteiger partial charge in [-0.15, -0.1) is 0 Å². The van der Waals surface area contributed by atoms with Crippen molar-refractivity contribution in [3.63, 3.8) is 0 Å². The number of aliphatic imine (C=N–C) groups is 1. The van der Waals surface area contributed by atoms with E-state index in [-0.39, 0.29) is 5.84 Å². The molecule has 0 aliphatic carbocycles. The number of aromatic nitrogens is 1. The highest BCUT2D eigenvalue weighted by Crippen LogP contribution is 2.37. The predicted octanol–water partition coefficient (Wildman–Crippen LogP) is 9.49. The van der Waals surface area contributed by atoms with Gasteiger partial charge in [-0.05, 0) is 63.5 Å². The zero-order valence-electron chi connectivity index (χ0n) is 23.9. The van der Waals surface area contributed by atoms with Crippen LogP contribution < -0.4 is 5.73 Å². The van der Waals surface area contributed by atoms with E-state index < -0.39 is 0 Å². The molecule has 0 bridgehead atoms. The van der Waals surface area contributed by atoms with Gasteiger partial charge in [0.2, 0.25) is 0 Å². The molecule has 8 aromatic rings. The molecule has 0 saturated heterocycles. The lowest BCUT2D eigenvalue weighted by atomic mass is 9.92. The SMILES string of the molecule is N=C(/N=C(\N)c1ccccc1)c1ccc2ccccc2c1-c1ccc(-n2c3ccccc3c3cc4ccccc4cc32)cc1. The molecular formula is C40H28N4. The van der Waals surface area contributed by atoms with Crippen LogP contribution in [0.3, 0.4) is 0 Å². The van der Waals surface area contributed by atoms with E-state index in [9.17, 15) is 0 Å². The zero-order valence-corrected chi connectivity index (χ0v) is 23.9. The maximum absolute atomic E-state index is 9.01. The van der Waals surface area contributed by atoms with E-state index in [0.717, 1.165) is 38.7 Å². The summed E-state index contributed by atoms with van der Waals surface area (Å²) < 4.78 is 2.35. The minimum atomic E-state index is 0.130. The predicted molar refractivity (Wildman–Crippen MR) is 185 cm³/mol. The van der Waals surface area contributed by atoms with Crippen molar-refractivity contribution in [3.05, 3.63) is 163 Å². The molecule has 0 amide bonds. The van der Waals surface area contributed by atoms with Crippen molar-refractivity contribution < 1.29 is 0 Å². The van der Waals surface area contributed by atoms with Gasteiger partial charge in [0, 0.05) is 33.2 Å². The standard InChI is InChI=1S/C40H28N4/c41-39(28-11-2-1-3-12-28)43-40(42)34-23-20-26-10-6-7-15-32(26)38(34)27-18-21-31(22-19-27)44-36-17-9-8-16-33(36)35-24-29-13-4-5-14-30(29)25-37(35)44/h1-25H,(H3,41,42,43). The minimum Gasteiger partial charge on any atom is -0.383 e. The summed E-state index contributed by atoms with van der Waals surface area (Å²) in [5.41, 5.74) is 13.3. The molecule has 4 heteroatoms.